The molecule has 0 unspecified atom stereocenters. The lowest BCUT2D eigenvalue weighted by atomic mass is 10.0. The third-order valence-corrected chi connectivity index (χ3v) is 2.26. The summed E-state index contributed by atoms with van der Waals surface area (Å²) >= 11 is 0. The largest absolute Gasteiger partial charge is 0.504 e. The number of aromatic hydroxyl groups is 1. The maximum absolute atomic E-state index is 13.1. The highest BCUT2D eigenvalue weighted by Crippen LogP contribution is 2.34. The van der Waals surface area contributed by atoms with Crippen molar-refractivity contribution in [2.75, 3.05) is 6.61 Å². The van der Waals surface area contributed by atoms with E-state index < -0.39 is 30.3 Å². The van der Waals surface area contributed by atoms with Crippen molar-refractivity contribution >= 4 is 18.4 Å². The summed E-state index contributed by atoms with van der Waals surface area (Å²) in [6.45, 7) is -0.264. The first-order valence-electron chi connectivity index (χ1n) is 5.03. The molecule has 0 heterocycles. The molecule has 0 spiro atoms. The molecule has 0 saturated heterocycles. The Bertz CT molecular complexity index is 456. The van der Waals surface area contributed by atoms with Crippen molar-refractivity contribution < 1.29 is 28.5 Å². The number of esters is 1. The summed E-state index contributed by atoms with van der Waals surface area (Å²) in [7, 11) is 0. The monoisotopic (exact) mass is 297 g/mol. The Labute approximate surface area is 114 Å². The molecule has 4 N–H and O–H groups in total. The molecule has 0 aliphatic rings. The number of aliphatic hydroxyl groups is 1. The van der Waals surface area contributed by atoms with Crippen LogP contribution in [0.1, 0.15) is 18.5 Å². The summed E-state index contributed by atoms with van der Waals surface area (Å²) in [5.41, 5.74) is 5.19. The van der Waals surface area contributed by atoms with Gasteiger partial charge >= 0.3 is 5.97 Å². The topological polar surface area (TPSA) is 92.8 Å². The number of hydrogen-bond donors (Lipinski definition) is 3. The molecule has 0 aromatic heterocycles. The van der Waals surface area contributed by atoms with Crippen molar-refractivity contribution in [1.82, 2.24) is 0 Å². The Hall–Kier alpha value is -1.44. The lowest BCUT2D eigenvalue weighted by Gasteiger charge is -2.22. The molecular formula is C11H14ClF2NO4. The van der Waals surface area contributed by atoms with E-state index >= 15 is 0 Å². The van der Waals surface area contributed by atoms with Gasteiger partial charge in [0.05, 0.1) is 6.04 Å². The van der Waals surface area contributed by atoms with E-state index in [2.05, 4.69) is 4.74 Å². The summed E-state index contributed by atoms with van der Waals surface area (Å²) < 4.78 is 30.9. The van der Waals surface area contributed by atoms with E-state index in [9.17, 15) is 18.7 Å². The molecule has 0 radical (unpaired) electrons. The van der Waals surface area contributed by atoms with Crippen LogP contribution in [0.2, 0.25) is 0 Å². The van der Waals surface area contributed by atoms with Crippen molar-refractivity contribution in [1.29, 1.82) is 0 Å². The number of ether oxygens (including phenoxy) is 1. The molecule has 0 amide bonds. The number of phenols is 1. The summed E-state index contributed by atoms with van der Waals surface area (Å²) in [5, 5.41) is 18.0. The summed E-state index contributed by atoms with van der Waals surface area (Å²) in [4.78, 5) is 10.7. The number of benzene rings is 1. The molecule has 0 saturated carbocycles. The fourth-order valence-electron chi connectivity index (χ4n) is 1.31. The minimum absolute atomic E-state index is 0. The van der Waals surface area contributed by atoms with Crippen LogP contribution < -0.4 is 10.5 Å². The van der Waals surface area contributed by atoms with Gasteiger partial charge in [0.25, 0.3) is 5.92 Å². The standard InChI is InChI=1S/C11H13F2NO4.ClH/c1-6(16)18-9-3-2-7(4-8(9)17)10(14)11(12,13)5-15;/h2-4,10,15,17H,5,14H2,1H3;1H/t10-;/m1./s1. The maximum atomic E-state index is 13.1. The highest BCUT2D eigenvalue weighted by molar-refractivity contribution is 5.85. The second-order valence-electron chi connectivity index (χ2n) is 3.72. The number of carbonyl (C=O) groups is 1. The van der Waals surface area contributed by atoms with Crippen molar-refractivity contribution in [3.05, 3.63) is 23.8 Å². The van der Waals surface area contributed by atoms with Crippen LogP contribution in [0.5, 0.6) is 11.5 Å². The molecule has 1 atom stereocenters. The third kappa shape index (κ3) is 4.30. The summed E-state index contributed by atoms with van der Waals surface area (Å²) in [6.07, 6.45) is 0. The number of carbonyl (C=O) groups excluding carboxylic acids is 1. The SMILES string of the molecule is CC(=O)Oc1ccc([C@@H](N)C(F)(F)CO)cc1O.Cl. The first-order chi connectivity index (χ1) is 8.27. The van der Waals surface area contributed by atoms with Gasteiger partial charge in [0.2, 0.25) is 0 Å². The zero-order chi connectivity index (χ0) is 13.9. The number of hydrogen-bond acceptors (Lipinski definition) is 5. The van der Waals surface area contributed by atoms with E-state index in [1.165, 1.54) is 6.07 Å². The second kappa shape index (κ2) is 6.65. The maximum Gasteiger partial charge on any atom is 0.308 e. The zero-order valence-corrected chi connectivity index (χ0v) is 10.8. The molecule has 1 rings (SSSR count). The lowest BCUT2D eigenvalue weighted by molar-refractivity contribution is -0.132. The third-order valence-electron chi connectivity index (χ3n) is 2.26. The Morgan fingerprint density at radius 2 is 2.11 bits per heavy atom. The van der Waals surface area contributed by atoms with Gasteiger partial charge in [0, 0.05) is 6.92 Å². The minimum atomic E-state index is -3.50. The molecule has 0 bridgehead atoms. The van der Waals surface area contributed by atoms with Gasteiger partial charge in [-0.15, -0.1) is 12.4 Å². The van der Waals surface area contributed by atoms with Gasteiger partial charge in [-0.25, -0.2) is 8.78 Å². The molecule has 1 aromatic rings. The van der Waals surface area contributed by atoms with E-state index in [0.717, 1.165) is 19.1 Å². The highest BCUT2D eigenvalue weighted by atomic mass is 35.5. The Morgan fingerprint density at radius 1 is 1.53 bits per heavy atom. The van der Waals surface area contributed by atoms with Crippen LogP contribution in [0.3, 0.4) is 0 Å². The van der Waals surface area contributed by atoms with Crippen molar-refractivity contribution in [2.24, 2.45) is 5.73 Å². The first kappa shape index (κ1) is 17.6. The van der Waals surface area contributed by atoms with Crippen LogP contribution in [0.15, 0.2) is 18.2 Å². The van der Waals surface area contributed by atoms with Crippen LogP contribution >= 0.6 is 12.4 Å². The van der Waals surface area contributed by atoms with Crippen LogP contribution in [0.4, 0.5) is 8.78 Å². The predicted octanol–water partition coefficient (Wildman–Crippen LogP) is 1.37. The summed E-state index contributed by atoms with van der Waals surface area (Å²) in [6, 6.07) is 1.54. The molecule has 0 aliphatic carbocycles. The molecule has 0 fully saturated rings. The number of rotatable bonds is 4. The number of nitrogens with two attached hydrogens (primary N) is 1. The molecule has 108 valence electrons. The Balaban J connectivity index is 0.00000324. The van der Waals surface area contributed by atoms with Crippen molar-refractivity contribution in [2.45, 2.75) is 18.9 Å². The summed E-state index contributed by atoms with van der Waals surface area (Å²) in [5.74, 6) is -4.78. The van der Waals surface area contributed by atoms with Gasteiger partial charge in [-0.1, -0.05) is 6.07 Å². The van der Waals surface area contributed by atoms with Crippen LogP contribution in [-0.4, -0.2) is 28.7 Å². The number of halogens is 3. The first-order valence-corrected chi connectivity index (χ1v) is 5.03. The van der Waals surface area contributed by atoms with E-state index in [4.69, 9.17) is 10.8 Å². The van der Waals surface area contributed by atoms with Gasteiger partial charge in [0.1, 0.15) is 6.61 Å². The highest BCUT2D eigenvalue weighted by Gasteiger charge is 2.37. The van der Waals surface area contributed by atoms with Crippen LogP contribution in [0, 0.1) is 0 Å². The molecule has 5 nitrogen and oxygen atoms in total. The fourth-order valence-corrected chi connectivity index (χ4v) is 1.31. The Kier molecular flexibility index (Phi) is 6.14. The van der Waals surface area contributed by atoms with Gasteiger partial charge in [0.15, 0.2) is 11.5 Å². The van der Waals surface area contributed by atoms with E-state index in [1.807, 2.05) is 0 Å². The molecule has 1 aromatic carbocycles. The smallest absolute Gasteiger partial charge is 0.308 e. The number of aliphatic hydroxyl groups excluding tert-OH is 1. The zero-order valence-electron chi connectivity index (χ0n) is 9.97. The molecule has 19 heavy (non-hydrogen) atoms. The van der Waals surface area contributed by atoms with Crippen LogP contribution in [-0.2, 0) is 4.79 Å². The fraction of sp³-hybridized carbons (Fsp3) is 0.364. The Morgan fingerprint density at radius 3 is 2.53 bits per heavy atom. The normalized spacial score (nSPS) is 12.5. The number of alkyl halides is 2. The average Bonchev–Trinajstić information content (AvgIpc) is 2.30. The van der Waals surface area contributed by atoms with E-state index in [1.54, 1.807) is 0 Å². The van der Waals surface area contributed by atoms with Gasteiger partial charge < -0.3 is 20.7 Å². The average molecular weight is 298 g/mol. The quantitative estimate of drug-likeness (QED) is 0.576. The second-order valence-corrected chi connectivity index (χ2v) is 3.72. The van der Waals surface area contributed by atoms with Crippen molar-refractivity contribution in [3.8, 4) is 11.5 Å². The minimum Gasteiger partial charge on any atom is -0.504 e. The number of phenolic OH excluding ortho intramolecular Hbond substituents is 1. The van der Waals surface area contributed by atoms with Crippen LogP contribution in [0.25, 0.3) is 0 Å². The lowest BCUT2D eigenvalue weighted by Crippen LogP contribution is -2.36. The predicted molar refractivity (Wildman–Crippen MR) is 65.6 cm³/mol. The molecule has 8 heteroatoms. The van der Waals surface area contributed by atoms with E-state index in [-0.39, 0.29) is 23.7 Å². The molecular weight excluding hydrogens is 284 g/mol. The molecule has 0 aliphatic heterocycles. The van der Waals surface area contributed by atoms with Gasteiger partial charge in [-0.3, -0.25) is 4.79 Å². The van der Waals surface area contributed by atoms with Crippen molar-refractivity contribution in [3.63, 3.8) is 0 Å². The van der Waals surface area contributed by atoms with E-state index in [0.29, 0.717) is 0 Å². The van der Waals surface area contributed by atoms with Gasteiger partial charge in [-0.2, -0.15) is 0 Å². The van der Waals surface area contributed by atoms with Gasteiger partial charge in [-0.05, 0) is 17.7 Å².